The lowest BCUT2D eigenvalue weighted by atomic mass is 9.97. The summed E-state index contributed by atoms with van der Waals surface area (Å²) in [5.41, 5.74) is 8.09. The Morgan fingerprint density at radius 3 is 2.69 bits per heavy atom. The number of aliphatic hydroxyl groups excluding tert-OH is 1. The fraction of sp³-hybridized carbons (Fsp3) is 0.889. The largest absolute Gasteiger partial charge is 0.481 e. The van der Waals surface area contributed by atoms with Crippen LogP contribution in [0.15, 0.2) is 5.11 Å². The van der Waals surface area contributed by atoms with Gasteiger partial charge >= 0.3 is 5.97 Å². The Kier molecular flexibility index (Phi) is 5.04. The van der Waals surface area contributed by atoms with Crippen LogP contribution >= 0.6 is 0 Å². The first-order valence-electron chi connectivity index (χ1n) is 5.27. The number of piperidine rings is 1. The fourth-order valence-electron chi connectivity index (χ4n) is 1.85. The maximum Gasteiger partial charge on any atom is 0.306 e. The van der Waals surface area contributed by atoms with Crippen molar-refractivity contribution in [1.82, 2.24) is 4.90 Å². The molecule has 0 aromatic rings. The van der Waals surface area contributed by atoms with Gasteiger partial charge in [0, 0.05) is 11.5 Å². The van der Waals surface area contributed by atoms with Crippen LogP contribution in [-0.4, -0.2) is 53.4 Å². The van der Waals surface area contributed by atoms with Crippen LogP contribution in [0.2, 0.25) is 0 Å². The van der Waals surface area contributed by atoms with Crippen LogP contribution in [0, 0.1) is 5.92 Å². The second-order valence-corrected chi connectivity index (χ2v) is 3.98. The number of carbonyl (C=O) groups is 1. The second kappa shape index (κ2) is 6.32. The smallest absolute Gasteiger partial charge is 0.306 e. The minimum atomic E-state index is -0.741. The van der Waals surface area contributed by atoms with Gasteiger partial charge in [0.1, 0.15) is 0 Å². The van der Waals surface area contributed by atoms with Gasteiger partial charge in [0.05, 0.1) is 18.6 Å². The average molecular weight is 228 g/mol. The zero-order valence-electron chi connectivity index (χ0n) is 8.99. The van der Waals surface area contributed by atoms with Gasteiger partial charge in [-0.15, -0.1) is 0 Å². The Bertz CT molecular complexity index is 282. The normalized spacial score (nSPS) is 20.1. The van der Waals surface area contributed by atoms with Crippen LogP contribution in [0.25, 0.3) is 10.4 Å². The number of aliphatic carboxylic acids is 1. The Labute approximate surface area is 93.3 Å². The van der Waals surface area contributed by atoms with Crippen LogP contribution in [-0.2, 0) is 4.79 Å². The van der Waals surface area contributed by atoms with E-state index in [4.69, 9.17) is 10.6 Å². The van der Waals surface area contributed by atoms with E-state index in [0.29, 0.717) is 32.5 Å². The molecule has 7 nitrogen and oxygen atoms in total. The van der Waals surface area contributed by atoms with Crippen molar-refractivity contribution in [3.05, 3.63) is 10.4 Å². The first-order valence-corrected chi connectivity index (χ1v) is 5.27. The molecule has 0 bridgehead atoms. The van der Waals surface area contributed by atoms with Crippen molar-refractivity contribution in [3.8, 4) is 0 Å². The average Bonchev–Trinajstić information content (AvgIpc) is 2.27. The number of nitrogens with zero attached hydrogens (tertiary/aromatic N) is 4. The van der Waals surface area contributed by atoms with Crippen LogP contribution in [0.5, 0.6) is 0 Å². The van der Waals surface area contributed by atoms with E-state index in [0.717, 1.165) is 0 Å². The monoisotopic (exact) mass is 228 g/mol. The van der Waals surface area contributed by atoms with Gasteiger partial charge in [0.25, 0.3) is 0 Å². The molecule has 1 rings (SSSR count). The highest BCUT2D eigenvalue weighted by molar-refractivity contribution is 5.70. The summed E-state index contributed by atoms with van der Waals surface area (Å²) in [6, 6.07) is 0. The van der Waals surface area contributed by atoms with Crippen molar-refractivity contribution in [2.24, 2.45) is 11.0 Å². The van der Waals surface area contributed by atoms with Gasteiger partial charge in [-0.25, -0.2) is 0 Å². The molecule has 16 heavy (non-hydrogen) atoms. The molecule has 1 heterocycles. The molecule has 0 aliphatic carbocycles. The first-order chi connectivity index (χ1) is 7.63. The lowest BCUT2D eigenvalue weighted by Gasteiger charge is -2.31. The van der Waals surface area contributed by atoms with E-state index in [2.05, 4.69) is 10.0 Å². The number of rotatable bonds is 5. The number of aliphatic hydroxyl groups is 1. The molecule has 0 saturated carbocycles. The van der Waals surface area contributed by atoms with Crippen molar-refractivity contribution in [1.29, 1.82) is 0 Å². The first kappa shape index (κ1) is 12.8. The molecule has 2 N–H and O–H groups in total. The topological polar surface area (TPSA) is 110 Å². The molecule has 1 fully saturated rings. The highest BCUT2D eigenvalue weighted by atomic mass is 16.4. The molecule has 1 atom stereocenters. The molecular weight excluding hydrogens is 212 g/mol. The lowest BCUT2D eigenvalue weighted by Crippen LogP contribution is -2.41. The Morgan fingerprint density at radius 1 is 1.56 bits per heavy atom. The van der Waals surface area contributed by atoms with Gasteiger partial charge in [0.2, 0.25) is 0 Å². The summed E-state index contributed by atoms with van der Waals surface area (Å²) in [5, 5.41) is 21.6. The predicted octanol–water partition coefficient (Wildman–Crippen LogP) is 0.454. The Morgan fingerprint density at radius 2 is 2.19 bits per heavy atom. The van der Waals surface area contributed by atoms with Gasteiger partial charge in [-0.2, -0.15) is 0 Å². The van der Waals surface area contributed by atoms with Gasteiger partial charge in [-0.3, -0.25) is 4.79 Å². The highest BCUT2D eigenvalue weighted by Gasteiger charge is 2.25. The quantitative estimate of drug-likeness (QED) is 0.404. The van der Waals surface area contributed by atoms with Gasteiger partial charge in [-0.1, -0.05) is 5.11 Å². The summed E-state index contributed by atoms with van der Waals surface area (Å²) >= 11 is 0. The number of hydrogen-bond donors (Lipinski definition) is 2. The van der Waals surface area contributed by atoms with Gasteiger partial charge in [0.15, 0.2) is 0 Å². The van der Waals surface area contributed by atoms with Crippen LogP contribution in [0.4, 0.5) is 0 Å². The summed E-state index contributed by atoms with van der Waals surface area (Å²) in [4.78, 5) is 15.3. The third-order valence-corrected chi connectivity index (χ3v) is 2.76. The molecule has 1 unspecified atom stereocenters. The molecule has 1 aliphatic rings. The molecule has 1 saturated heterocycles. The van der Waals surface area contributed by atoms with Crippen LogP contribution in [0.3, 0.4) is 0 Å². The van der Waals surface area contributed by atoms with E-state index in [1.54, 1.807) is 0 Å². The molecule has 0 aromatic heterocycles. The number of carboxylic acid groups (broad SMARTS) is 1. The number of carboxylic acids is 1. The van der Waals surface area contributed by atoms with Crippen LogP contribution in [0.1, 0.15) is 12.8 Å². The minimum absolute atomic E-state index is 0.0648. The molecule has 7 heteroatoms. The van der Waals surface area contributed by atoms with Gasteiger partial charge < -0.3 is 15.1 Å². The summed E-state index contributed by atoms with van der Waals surface area (Å²) in [7, 11) is 0. The summed E-state index contributed by atoms with van der Waals surface area (Å²) in [6.45, 7) is 1.84. The number of hydrogen-bond acceptors (Lipinski definition) is 4. The zero-order valence-corrected chi connectivity index (χ0v) is 8.99. The molecular formula is C9H16N4O3. The molecule has 0 amide bonds. The van der Waals surface area contributed by atoms with Crippen molar-refractivity contribution < 1.29 is 15.0 Å². The number of β-amino-alcohol motifs (C(OH)–C–C–N with tert-alkyl or cyclic N) is 1. The van der Waals surface area contributed by atoms with E-state index in [9.17, 15) is 9.90 Å². The number of likely N-dealkylation sites (tertiary alicyclic amines) is 1. The van der Waals surface area contributed by atoms with Crippen LogP contribution < -0.4 is 0 Å². The molecule has 0 aromatic carbocycles. The summed E-state index contributed by atoms with van der Waals surface area (Å²) < 4.78 is 0. The standard InChI is InChI=1S/C9H16N4O3/c10-12-11-5-8(14)6-13-3-1-7(2-4-13)9(15)16/h7-8,14H,1-6H2,(H,15,16). The number of azide groups is 1. The highest BCUT2D eigenvalue weighted by Crippen LogP contribution is 2.17. The van der Waals surface area contributed by atoms with Crippen molar-refractivity contribution in [2.45, 2.75) is 18.9 Å². The molecule has 0 radical (unpaired) electrons. The van der Waals surface area contributed by atoms with Crippen molar-refractivity contribution in [3.63, 3.8) is 0 Å². The third-order valence-electron chi connectivity index (χ3n) is 2.76. The molecule has 1 aliphatic heterocycles. The SMILES string of the molecule is [N-]=[N+]=NCC(O)CN1CCC(C(=O)O)CC1. The summed E-state index contributed by atoms with van der Waals surface area (Å²) in [5.74, 6) is -1.00. The van der Waals surface area contributed by atoms with E-state index in [-0.39, 0.29) is 12.5 Å². The maximum absolute atomic E-state index is 10.7. The van der Waals surface area contributed by atoms with Gasteiger partial charge in [-0.05, 0) is 31.5 Å². The van der Waals surface area contributed by atoms with Crippen molar-refractivity contribution in [2.75, 3.05) is 26.2 Å². The van der Waals surface area contributed by atoms with E-state index >= 15 is 0 Å². The van der Waals surface area contributed by atoms with Crippen molar-refractivity contribution >= 4 is 5.97 Å². The maximum atomic E-state index is 10.7. The van der Waals surface area contributed by atoms with E-state index in [1.165, 1.54) is 0 Å². The third kappa shape index (κ3) is 4.06. The minimum Gasteiger partial charge on any atom is -0.481 e. The second-order valence-electron chi connectivity index (χ2n) is 3.98. The Balaban J connectivity index is 2.26. The predicted molar refractivity (Wildman–Crippen MR) is 56.8 cm³/mol. The molecule has 90 valence electrons. The Hall–Kier alpha value is -1.30. The van der Waals surface area contributed by atoms with E-state index in [1.807, 2.05) is 4.90 Å². The lowest BCUT2D eigenvalue weighted by molar-refractivity contribution is -0.143. The van der Waals surface area contributed by atoms with E-state index < -0.39 is 12.1 Å². The molecule has 0 spiro atoms. The summed E-state index contributed by atoms with van der Waals surface area (Å²) in [6.07, 6.45) is 0.560. The fourth-order valence-corrected chi connectivity index (χ4v) is 1.85. The zero-order chi connectivity index (χ0) is 12.0.